The largest absolute Gasteiger partial charge is 0.497 e. The number of alkyl halides is 1. The van der Waals surface area contributed by atoms with Crippen LogP contribution < -0.4 is 20.1 Å². The lowest BCUT2D eigenvalue weighted by Gasteiger charge is -2.18. The van der Waals surface area contributed by atoms with Gasteiger partial charge in [0.15, 0.2) is 0 Å². The number of H-pyrrole nitrogens is 1. The summed E-state index contributed by atoms with van der Waals surface area (Å²) in [5, 5.41) is 2.87. The Morgan fingerprint density at radius 2 is 1.94 bits per heavy atom. The number of likely N-dealkylation sites (N-methyl/N-ethyl adjacent to an activating group) is 1. The summed E-state index contributed by atoms with van der Waals surface area (Å²) < 4.78 is 11.5. The molecule has 2 heterocycles. The summed E-state index contributed by atoms with van der Waals surface area (Å²) in [6, 6.07) is 15.5. The molecular formula is C27H30Cl2N4O3. The third-order valence-corrected chi connectivity index (χ3v) is 6.93. The number of halogens is 2. The van der Waals surface area contributed by atoms with Crippen LogP contribution in [0, 0.1) is 0 Å². The van der Waals surface area contributed by atoms with Crippen molar-refractivity contribution in [3.63, 3.8) is 0 Å². The Kier molecular flexibility index (Phi) is 7.54. The van der Waals surface area contributed by atoms with E-state index in [1.54, 1.807) is 12.0 Å². The molecule has 0 bridgehead atoms. The molecule has 0 saturated carbocycles. The highest BCUT2D eigenvalue weighted by atomic mass is 35.5. The number of nitrogen functional groups attached to an aromatic ring is 1. The van der Waals surface area contributed by atoms with E-state index in [0.29, 0.717) is 41.9 Å². The summed E-state index contributed by atoms with van der Waals surface area (Å²) >= 11 is 6.37. The molecule has 4 aromatic rings. The highest BCUT2D eigenvalue weighted by Crippen LogP contribution is 2.44. The molecule has 7 nitrogen and oxygen atoms in total. The lowest BCUT2D eigenvalue weighted by Crippen LogP contribution is -2.30. The van der Waals surface area contributed by atoms with Gasteiger partial charge in [-0.2, -0.15) is 0 Å². The minimum absolute atomic E-state index is 0. The highest BCUT2D eigenvalue weighted by Gasteiger charge is 2.35. The number of methoxy groups -OCH3 is 1. The number of anilines is 2. The van der Waals surface area contributed by atoms with E-state index in [0.717, 1.165) is 39.5 Å². The van der Waals surface area contributed by atoms with Gasteiger partial charge in [0.2, 0.25) is 0 Å². The quantitative estimate of drug-likeness (QED) is 0.252. The van der Waals surface area contributed by atoms with Crippen LogP contribution in [0.25, 0.3) is 21.7 Å². The fourth-order valence-corrected chi connectivity index (χ4v) is 5.06. The molecule has 5 rings (SSSR count). The Balaban J connectivity index is 0.00000304. The number of benzene rings is 3. The molecule has 36 heavy (non-hydrogen) atoms. The number of carbonyl (C=O) groups is 1. The van der Waals surface area contributed by atoms with Gasteiger partial charge in [0.05, 0.1) is 18.3 Å². The normalized spacial score (nSPS) is 14.8. The van der Waals surface area contributed by atoms with E-state index in [-0.39, 0.29) is 24.2 Å². The summed E-state index contributed by atoms with van der Waals surface area (Å²) in [4.78, 5) is 20.9. The molecule has 0 spiro atoms. The van der Waals surface area contributed by atoms with Crippen molar-refractivity contribution in [2.45, 2.75) is 5.92 Å². The zero-order valence-corrected chi connectivity index (χ0v) is 22.1. The smallest absolute Gasteiger partial charge is 0.274 e. The molecule has 1 unspecified atom stereocenters. The van der Waals surface area contributed by atoms with Crippen LogP contribution >= 0.6 is 24.0 Å². The summed E-state index contributed by atoms with van der Waals surface area (Å²) in [6.45, 7) is 1.78. The molecule has 3 N–H and O–H groups in total. The predicted octanol–water partition coefficient (Wildman–Crippen LogP) is 5.26. The molecule has 1 aromatic heterocycles. The van der Waals surface area contributed by atoms with E-state index in [4.69, 9.17) is 26.8 Å². The monoisotopic (exact) mass is 528 g/mol. The third-order valence-electron chi connectivity index (χ3n) is 6.56. The van der Waals surface area contributed by atoms with E-state index in [2.05, 4.69) is 9.88 Å². The lowest BCUT2D eigenvalue weighted by atomic mass is 9.95. The van der Waals surface area contributed by atoms with Crippen LogP contribution in [0.4, 0.5) is 11.4 Å². The minimum atomic E-state index is -0.136. The Morgan fingerprint density at radius 3 is 2.64 bits per heavy atom. The number of rotatable bonds is 7. The number of aromatic nitrogens is 1. The van der Waals surface area contributed by atoms with E-state index in [1.807, 2.05) is 62.6 Å². The number of nitrogens with zero attached hydrogens (tertiary/aromatic N) is 2. The molecular weight excluding hydrogens is 499 g/mol. The number of nitrogens with one attached hydrogen (secondary N) is 1. The number of hydrogen-bond acceptors (Lipinski definition) is 5. The molecule has 1 atom stereocenters. The van der Waals surface area contributed by atoms with Gasteiger partial charge in [-0.1, -0.05) is 24.3 Å². The van der Waals surface area contributed by atoms with Crippen LogP contribution in [-0.2, 0) is 0 Å². The first kappa shape index (κ1) is 25.9. The van der Waals surface area contributed by atoms with Gasteiger partial charge in [-0.15, -0.1) is 24.0 Å². The van der Waals surface area contributed by atoms with Crippen LogP contribution in [0.5, 0.6) is 11.5 Å². The molecule has 0 radical (unpaired) electrons. The number of fused-ring (bicyclic) bond motifs is 4. The van der Waals surface area contributed by atoms with Crippen molar-refractivity contribution < 1.29 is 14.3 Å². The van der Waals surface area contributed by atoms with Crippen molar-refractivity contribution in [2.75, 3.05) is 57.4 Å². The van der Waals surface area contributed by atoms with Gasteiger partial charge in [-0.3, -0.25) is 4.79 Å². The lowest BCUT2D eigenvalue weighted by molar-refractivity contribution is 0.0984. The van der Waals surface area contributed by atoms with E-state index in [9.17, 15) is 4.79 Å². The summed E-state index contributed by atoms with van der Waals surface area (Å²) in [5.74, 6) is 1.62. The maximum absolute atomic E-state index is 13.8. The average molecular weight is 529 g/mol. The Morgan fingerprint density at radius 1 is 1.19 bits per heavy atom. The van der Waals surface area contributed by atoms with Gasteiger partial charge < -0.3 is 30.0 Å². The topological polar surface area (TPSA) is 83.8 Å². The van der Waals surface area contributed by atoms with Crippen LogP contribution in [0.1, 0.15) is 22.0 Å². The molecule has 1 amide bonds. The molecule has 0 fully saturated rings. The first-order chi connectivity index (χ1) is 16.9. The van der Waals surface area contributed by atoms with Crippen molar-refractivity contribution >= 4 is 63.0 Å². The number of carbonyl (C=O) groups excluding carboxylic acids is 1. The molecule has 0 aliphatic carbocycles. The fraction of sp³-hybridized carbons (Fsp3) is 0.296. The maximum atomic E-state index is 13.8. The van der Waals surface area contributed by atoms with Crippen molar-refractivity contribution in [3.05, 3.63) is 59.8 Å². The highest BCUT2D eigenvalue weighted by molar-refractivity contribution is 6.19. The summed E-state index contributed by atoms with van der Waals surface area (Å²) in [5.41, 5.74) is 10.2. The minimum Gasteiger partial charge on any atom is -0.497 e. The van der Waals surface area contributed by atoms with Gasteiger partial charge in [-0.25, -0.2) is 0 Å². The summed E-state index contributed by atoms with van der Waals surface area (Å²) in [6.07, 6.45) is 0. The number of ether oxygens (including phenoxy) is 2. The van der Waals surface area contributed by atoms with Crippen LogP contribution in [0.2, 0.25) is 0 Å². The van der Waals surface area contributed by atoms with Crippen LogP contribution in [0.15, 0.2) is 48.5 Å². The zero-order chi connectivity index (χ0) is 24.7. The molecule has 1 aliphatic heterocycles. The van der Waals surface area contributed by atoms with E-state index >= 15 is 0 Å². The van der Waals surface area contributed by atoms with Crippen LogP contribution in [0.3, 0.4) is 0 Å². The first-order valence-electron chi connectivity index (χ1n) is 11.6. The number of hydrogen-bond donors (Lipinski definition) is 2. The van der Waals surface area contributed by atoms with Gasteiger partial charge in [0, 0.05) is 47.4 Å². The molecule has 3 aromatic carbocycles. The third kappa shape index (κ3) is 4.54. The van der Waals surface area contributed by atoms with Crippen molar-refractivity contribution in [3.8, 4) is 11.5 Å². The summed E-state index contributed by atoms with van der Waals surface area (Å²) in [7, 11) is 5.60. The SMILES string of the molecule is COc1cc(OCCN(C)C)c2[nH]c(C(=O)N3CC(CCl)c4c3cc(N)c3ccccc43)cc2c1.Cl. The first-order valence-corrected chi connectivity index (χ1v) is 12.1. The van der Waals surface area contributed by atoms with E-state index in [1.165, 1.54) is 0 Å². The molecule has 0 saturated heterocycles. The Hall–Kier alpha value is -3.13. The van der Waals surface area contributed by atoms with Gasteiger partial charge in [-0.05, 0) is 43.2 Å². The van der Waals surface area contributed by atoms with Gasteiger partial charge in [0.1, 0.15) is 23.8 Å². The molecule has 190 valence electrons. The van der Waals surface area contributed by atoms with Crippen LogP contribution in [-0.4, -0.2) is 62.6 Å². The van der Waals surface area contributed by atoms with Crippen molar-refractivity contribution in [1.82, 2.24) is 9.88 Å². The van der Waals surface area contributed by atoms with Gasteiger partial charge in [0.25, 0.3) is 5.91 Å². The maximum Gasteiger partial charge on any atom is 0.274 e. The Bertz CT molecular complexity index is 1420. The zero-order valence-electron chi connectivity index (χ0n) is 20.5. The van der Waals surface area contributed by atoms with Crippen molar-refractivity contribution in [2.24, 2.45) is 0 Å². The Labute approximate surface area is 221 Å². The number of aromatic amines is 1. The second-order valence-electron chi connectivity index (χ2n) is 9.14. The molecule has 1 aliphatic rings. The second-order valence-corrected chi connectivity index (χ2v) is 9.44. The molecule has 9 heteroatoms. The predicted molar refractivity (Wildman–Crippen MR) is 150 cm³/mol. The standard InChI is InChI=1S/C27H29ClN4O3.ClH/c1-31(2)8-9-35-24-12-18(34-3)10-16-11-22(30-26(16)24)27(33)32-15-17(14-28)25-20-7-5-4-6-19(20)21(29)13-23(25)32;/h4-7,10-13,17,30H,8-9,14-15,29H2,1-3H3;1H. The average Bonchev–Trinajstić information content (AvgIpc) is 3.45. The second kappa shape index (κ2) is 10.5. The number of nitrogens with two attached hydrogens (primary N) is 1. The fourth-order valence-electron chi connectivity index (χ4n) is 4.81. The van der Waals surface area contributed by atoms with E-state index < -0.39 is 0 Å². The number of amides is 1. The van der Waals surface area contributed by atoms with Gasteiger partial charge >= 0.3 is 0 Å². The van der Waals surface area contributed by atoms with Crippen molar-refractivity contribution in [1.29, 1.82) is 0 Å².